The van der Waals surface area contributed by atoms with Gasteiger partial charge in [0.15, 0.2) is 5.78 Å². The molecule has 2 fully saturated rings. The molecular formula is C12H17N3O3. The standard InChI is InChI=1S/C12H17N3O3/c1-6(16)9(13)10(17)7-3-2-4-12(7)5-8(15-14)11(12)18/h6-7,9,16H,2-5,13H2,1H3. The number of nitrogens with zero attached hydrogens (tertiary/aromatic N) is 2. The first-order chi connectivity index (χ1) is 8.44. The number of hydrogen-bond donors (Lipinski definition) is 2. The van der Waals surface area contributed by atoms with Gasteiger partial charge in [0.2, 0.25) is 5.78 Å². The van der Waals surface area contributed by atoms with Gasteiger partial charge in [0.05, 0.1) is 24.0 Å². The molecule has 98 valence electrons. The van der Waals surface area contributed by atoms with E-state index in [0.717, 1.165) is 6.42 Å². The maximum atomic E-state index is 12.2. The van der Waals surface area contributed by atoms with Crippen LogP contribution >= 0.6 is 0 Å². The van der Waals surface area contributed by atoms with Crippen molar-refractivity contribution in [3.8, 4) is 0 Å². The van der Waals surface area contributed by atoms with Gasteiger partial charge in [-0.2, -0.15) is 4.79 Å². The molecule has 0 aromatic carbocycles. The molecule has 0 aromatic heterocycles. The summed E-state index contributed by atoms with van der Waals surface area (Å²) in [5.41, 5.74) is 13.7. The van der Waals surface area contributed by atoms with Crippen molar-refractivity contribution in [1.82, 2.24) is 0 Å². The Morgan fingerprint density at radius 2 is 2.33 bits per heavy atom. The van der Waals surface area contributed by atoms with Crippen LogP contribution < -0.4 is 5.73 Å². The summed E-state index contributed by atoms with van der Waals surface area (Å²) in [4.78, 5) is 27.1. The third kappa shape index (κ3) is 1.65. The van der Waals surface area contributed by atoms with Crippen molar-refractivity contribution in [1.29, 1.82) is 0 Å². The van der Waals surface area contributed by atoms with Crippen molar-refractivity contribution in [3.63, 3.8) is 0 Å². The van der Waals surface area contributed by atoms with E-state index in [1.807, 2.05) is 0 Å². The molecule has 2 aliphatic rings. The fourth-order valence-corrected chi connectivity index (χ4v) is 3.16. The van der Waals surface area contributed by atoms with Crippen LogP contribution in [0.25, 0.3) is 5.53 Å². The Balaban J connectivity index is 2.22. The topological polar surface area (TPSA) is 117 Å². The second-order valence-electron chi connectivity index (χ2n) is 5.32. The number of carbonyl (C=O) groups excluding carboxylic acids is 2. The maximum absolute atomic E-state index is 12.2. The summed E-state index contributed by atoms with van der Waals surface area (Å²) >= 11 is 0. The summed E-state index contributed by atoms with van der Waals surface area (Å²) in [7, 11) is 0. The van der Waals surface area contributed by atoms with Crippen LogP contribution in [0.5, 0.6) is 0 Å². The van der Waals surface area contributed by atoms with Crippen LogP contribution in [0, 0.1) is 11.3 Å². The Kier molecular flexibility index (Phi) is 3.19. The minimum absolute atomic E-state index is 0.139. The SMILES string of the molecule is CC(O)C(N)C(=O)C1CCCC12CC(=[N+]=[N-])C2=O. The molecule has 0 aromatic rings. The lowest BCUT2D eigenvalue weighted by Crippen LogP contribution is -2.57. The van der Waals surface area contributed by atoms with Gasteiger partial charge in [-0.1, -0.05) is 6.42 Å². The monoisotopic (exact) mass is 251 g/mol. The molecule has 2 aliphatic carbocycles. The van der Waals surface area contributed by atoms with Crippen molar-refractivity contribution >= 4 is 17.3 Å². The molecule has 2 rings (SSSR count). The largest absolute Gasteiger partial charge is 0.391 e. The quantitative estimate of drug-likeness (QED) is 0.528. The maximum Gasteiger partial charge on any atom is 0.336 e. The average Bonchev–Trinajstić information content (AvgIpc) is 2.79. The van der Waals surface area contributed by atoms with E-state index in [-0.39, 0.29) is 17.3 Å². The molecule has 0 amide bonds. The predicted molar refractivity (Wildman–Crippen MR) is 62.7 cm³/mol. The molecule has 1 spiro atoms. The zero-order valence-corrected chi connectivity index (χ0v) is 10.3. The Labute approximate surface area is 105 Å². The first-order valence-corrected chi connectivity index (χ1v) is 6.17. The summed E-state index contributed by atoms with van der Waals surface area (Å²) < 4.78 is 0. The molecule has 0 aliphatic heterocycles. The van der Waals surface area contributed by atoms with Gasteiger partial charge in [-0.25, -0.2) is 0 Å². The van der Waals surface area contributed by atoms with Crippen molar-refractivity contribution in [3.05, 3.63) is 5.53 Å². The van der Waals surface area contributed by atoms with Gasteiger partial charge < -0.3 is 16.4 Å². The number of aliphatic hydroxyl groups is 1. The highest BCUT2D eigenvalue weighted by atomic mass is 16.3. The number of aliphatic hydroxyl groups excluding tert-OH is 1. The van der Waals surface area contributed by atoms with Crippen LogP contribution in [0.2, 0.25) is 0 Å². The van der Waals surface area contributed by atoms with Crippen LogP contribution in [0.3, 0.4) is 0 Å². The van der Waals surface area contributed by atoms with Gasteiger partial charge >= 0.3 is 5.71 Å². The number of carbonyl (C=O) groups is 2. The summed E-state index contributed by atoms with van der Waals surface area (Å²) in [6.45, 7) is 1.47. The molecular weight excluding hydrogens is 234 g/mol. The van der Waals surface area contributed by atoms with Gasteiger partial charge in [0, 0.05) is 5.92 Å². The molecule has 18 heavy (non-hydrogen) atoms. The van der Waals surface area contributed by atoms with Crippen LogP contribution in [0.15, 0.2) is 0 Å². The molecule has 0 bridgehead atoms. The lowest BCUT2D eigenvalue weighted by atomic mass is 9.58. The highest BCUT2D eigenvalue weighted by molar-refractivity contribution is 6.47. The minimum atomic E-state index is -0.951. The summed E-state index contributed by atoms with van der Waals surface area (Å²) in [5, 5.41) is 9.38. The van der Waals surface area contributed by atoms with E-state index >= 15 is 0 Å². The number of ketones is 2. The van der Waals surface area contributed by atoms with Crippen LogP contribution in [0.4, 0.5) is 0 Å². The van der Waals surface area contributed by atoms with E-state index in [0.29, 0.717) is 19.3 Å². The zero-order valence-electron chi connectivity index (χ0n) is 10.3. The van der Waals surface area contributed by atoms with Gasteiger partial charge in [-0.15, -0.1) is 0 Å². The van der Waals surface area contributed by atoms with E-state index in [4.69, 9.17) is 11.3 Å². The molecule has 2 saturated carbocycles. The Morgan fingerprint density at radius 3 is 2.83 bits per heavy atom. The average molecular weight is 251 g/mol. The molecule has 3 N–H and O–H groups in total. The fourth-order valence-electron chi connectivity index (χ4n) is 3.16. The Bertz CT molecular complexity index is 453. The predicted octanol–water partition coefficient (Wildman–Crippen LogP) is -0.306. The summed E-state index contributed by atoms with van der Waals surface area (Å²) in [6.07, 6.45) is 1.45. The highest BCUT2D eigenvalue weighted by Gasteiger charge is 2.64. The fraction of sp³-hybridized carbons (Fsp3) is 0.750. The number of Topliss-reactive ketones (excluding diaryl/α,β-unsaturated/α-hetero) is 2. The van der Waals surface area contributed by atoms with Crippen LogP contribution in [0.1, 0.15) is 32.6 Å². The van der Waals surface area contributed by atoms with Gasteiger partial charge in [0.1, 0.15) is 0 Å². The Morgan fingerprint density at radius 1 is 1.67 bits per heavy atom. The lowest BCUT2D eigenvalue weighted by molar-refractivity contribution is -0.143. The first kappa shape index (κ1) is 13.1. The molecule has 0 heterocycles. The normalized spacial score (nSPS) is 34.1. The number of hydrogen-bond acceptors (Lipinski definition) is 4. The first-order valence-electron chi connectivity index (χ1n) is 6.17. The minimum Gasteiger partial charge on any atom is -0.391 e. The van der Waals surface area contributed by atoms with Crippen molar-refractivity contribution in [2.24, 2.45) is 17.1 Å². The van der Waals surface area contributed by atoms with Gasteiger partial charge in [-0.3, -0.25) is 9.59 Å². The molecule has 6 nitrogen and oxygen atoms in total. The molecule has 4 unspecified atom stereocenters. The third-order valence-corrected chi connectivity index (χ3v) is 4.29. The van der Waals surface area contributed by atoms with Crippen molar-refractivity contribution in [2.45, 2.75) is 44.8 Å². The summed E-state index contributed by atoms with van der Waals surface area (Å²) in [5.74, 6) is -0.938. The van der Waals surface area contributed by atoms with E-state index in [1.54, 1.807) is 0 Å². The second-order valence-corrected chi connectivity index (χ2v) is 5.32. The molecule has 0 radical (unpaired) electrons. The number of nitrogens with two attached hydrogens (primary N) is 1. The lowest BCUT2D eigenvalue weighted by Gasteiger charge is -2.38. The Hall–Kier alpha value is -1.36. The van der Waals surface area contributed by atoms with Crippen molar-refractivity contribution < 1.29 is 19.5 Å². The van der Waals surface area contributed by atoms with Gasteiger partial charge in [-0.05, 0) is 19.8 Å². The second kappa shape index (κ2) is 4.39. The van der Waals surface area contributed by atoms with E-state index < -0.39 is 23.5 Å². The van der Waals surface area contributed by atoms with Crippen LogP contribution in [-0.4, -0.2) is 39.3 Å². The zero-order chi connectivity index (χ0) is 13.5. The highest BCUT2D eigenvalue weighted by Crippen LogP contribution is 2.53. The number of rotatable bonds is 3. The van der Waals surface area contributed by atoms with E-state index in [2.05, 4.69) is 4.79 Å². The molecule has 0 saturated heterocycles. The molecule has 6 heteroatoms. The smallest absolute Gasteiger partial charge is 0.336 e. The molecule has 4 atom stereocenters. The third-order valence-electron chi connectivity index (χ3n) is 4.29. The van der Waals surface area contributed by atoms with E-state index in [9.17, 15) is 14.7 Å². The van der Waals surface area contributed by atoms with Crippen LogP contribution in [-0.2, 0) is 9.59 Å². The van der Waals surface area contributed by atoms with Gasteiger partial charge in [0.25, 0.3) is 0 Å². The van der Waals surface area contributed by atoms with Crippen molar-refractivity contribution in [2.75, 3.05) is 0 Å². The van der Waals surface area contributed by atoms with E-state index in [1.165, 1.54) is 6.92 Å². The summed E-state index contributed by atoms with van der Waals surface area (Å²) in [6, 6.07) is -0.951.